The Kier molecular flexibility index (Phi) is 5.57. The Bertz CT molecular complexity index is 994. The Hall–Kier alpha value is -2.48. The van der Waals surface area contributed by atoms with E-state index in [1.807, 2.05) is 0 Å². The van der Waals surface area contributed by atoms with E-state index in [1.165, 1.54) is 6.26 Å². The number of rotatable bonds is 5. The second-order valence-corrected chi connectivity index (χ2v) is 7.82. The second kappa shape index (κ2) is 8.26. The number of ketones is 1. The molecule has 0 atom stereocenters. The maximum absolute atomic E-state index is 13.1. The summed E-state index contributed by atoms with van der Waals surface area (Å²) in [5.74, 6) is 0.0528. The van der Waals surface area contributed by atoms with Gasteiger partial charge in [0.15, 0.2) is 16.7 Å². The van der Waals surface area contributed by atoms with E-state index in [-0.39, 0.29) is 17.6 Å². The smallest absolute Gasteiger partial charge is 0.257 e. The van der Waals surface area contributed by atoms with Gasteiger partial charge >= 0.3 is 0 Å². The number of carbonyl (C=O) groups excluding carboxylic acids is 2. The van der Waals surface area contributed by atoms with Crippen LogP contribution in [0.4, 0.5) is 5.13 Å². The van der Waals surface area contributed by atoms with Crippen LogP contribution in [0, 0.1) is 5.92 Å². The standard InChI is InChI=1S/C20H17ClN2O4S/c21-14-4-1-3-13(11-14)19(25)23-20-22-16(15-5-2-8-27-15)18(28-20)17(24)12-6-9-26-10-7-12/h1-5,8,11-12H,6-7,9-10H2,(H,22,23,25). The van der Waals surface area contributed by atoms with Crippen molar-refractivity contribution in [3.8, 4) is 11.5 Å². The average Bonchev–Trinajstić information content (AvgIpc) is 3.38. The molecule has 4 rings (SSSR count). The van der Waals surface area contributed by atoms with E-state index in [4.69, 9.17) is 20.8 Å². The number of aromatic nitrogens is 1. The van der Waals surface area contributed by atoms with E-state index in [2.05, 4.69) is 10.3 Å². The Balaban J connectivity index is 1.63. The number of hydrogen-bond donors (Lipinski definition) is 1. The first kappa shape index (κ1) is 18.9. The summed E-state index contributed by atoms with van der Waals surface area (Å²) in [6.07, 6.45) is 2.89. The molecule has 0 unspecified atom stereocenters. The molecule has 0 spiro atoms. The van der Waals surface area contributed by atoms with Crippen molar-refractivity contribution in [2.45, 2.75) is 12.8 Å². The van der Waals surface area contributed by atoms with E-state index in [9.17, 15) is 9.59 Å². The summed E-state index contributed by atoms with van der Waals surface area (Å²) in [5.41, 5.74) is 0.868. The van der Waals surface area contributed by atoms with Gasteiger partial charge in [-0.3, -0.25) is 14.9 Å². The number of carbonyl (C=O) groups is 2. The van der Waals surface area contributed by atoms with Crippen LogP contribution in [0.25, 0.3) is 11.5 Å². The summed E-state index contributed by atoms with van der Waals surface area (Å²) in [6.45, 7) is 1.15. The lowest BCUT2D eigenvalue weighted by atomic mass is 9.94. The number of benzene rings is 1. The number of halogens is 1. The molecule has 6 nitrogen and oxygen atoms in total. The highest BCUT2D eigenvalue weighted by atomic mass is 35.5. The number of thiazole rings is 1. The fourth-order valence-electron chi connectivity index (χ4n) is 3.07. The quantitative estimate of drug-likeness (QED) is 0.597. The molecule has 1 fully saturated rings. The van der Waals surface area contributed by atoms with Crippen LogP contribution >= 0.6 is 22.9 Å². The number of furan rings is 1. The minimum absolute atomic E-state index is 0.00968. The first-order valence-electron chi connectivity index (χ1n) is 8.85. The zero-order chi connectivity index (χ0) is 19.5. The highest BCUT2D eigenvalue weighted by Gasteiger charge is 2.29. The van der Waals surface area contributed by atoms with Crippen LogP contribution in [0.2, 0.25) is 5.02 Å². The van der Waals surface area contributed by atoms with E-state index < -0.39 is 0 Å². The van der Waals surface area contributed by atoms with Crippen LogP contribution in [0.5, 0.6) is 0 Å². The van der Waals surface area contributed by atoms with Gasteiger partial charge in [0.05, 0.1) is 6.26 Å². The SMILES string of the molecule is O=C(Nc1nc(-c2ccco2)c(C(=O)C2CCOCC2)s1)c1cccc(Cl)c1. The Morgan fingerprint density at radius 1 is 1.18 bits per heavy atom. The Labute approximate surface area is 170 Å². The number of amides is 1. The fourth-order valence-corrected chi connectivity index (χ4v) is 4.24. The highest BCUT2D eigenvalue weighted by Crippen LogP contribution is 2.35. The summed E-state index contributed by atoms with van der Waals surface area (Å²) < 4.78 is 10.8. The molecule has 1 amide bonds. The maximum atomic E-state index is 13.1. The molecule has 28 heavy (non-hydrogen) atoms. The lowest BCUT2D eigenvalue weighted by molar-refractivity contribution is 0.0547. The van der Waals surface area contributed by atoms with Crippen molar-refractivity contribution < 1.29 is 18.7 Å². The summed E-state index contributed by atoms with van der Waals surface area (Å²) in [5, 5.41) is 3.57. The molecule has 8 heteroatoms. The van der Waals surface area contributed by atoms with Crippen molar-refractivity contribution in [3.05, 3.63) is 58.1 Å². The minimum atomic E-state index is -0.340. The lowest BCUT2D eigenvalue weighted by Gasteiger charge is -2.20. The number of hydrogen-bond acceptors (Lipinski definition) is 6. The van der Waals surface area contributed by atoms with Crippen LogP contribution in [0.15, 0.2) is 47.1 Å². The number of Topliss-reactive ketones (excluding diaryl/α,β-unsaturated/α-hetero) is 1. The number of ether oxygens (including phenoxy) is 1. The van der Waals surface area contributed by atoms with Gasteiger partial charge in [0.1, 0.15) is 10.6 Å². The summed E-state index contributed by atoms with van der Waals surface area (Å²) >= 11 is 7.12. The Morgan fingerprint density at radius 3 is 2.71 bits per heavy atom. The fraction of sp³-hybridized carbons (Fsp3) is 0.250. The highest BCUT2D eigenvalue weighted by molar-refractivity contribution is 7.18. The third-order valence-electron chi connectivity index (χ3n) is 4.50. The van der Waals surface area contributed by atoms with Crippen molar-refractivity contribution in [1.29, 1.82) is 0 Å². The van der Waals surface area contributed by atoms with Gasteiger partial charge in [-0.25, -0.2) is 4.98 Å². The van der Waals surface area contributed by atoms with E-state index in [0.717, 1.165) is 11.3 Å². The van der Waals surface area contributed by atoms with Crippen molar-refractivity contribution in [1.82, 2.24) is 4.98 Å². The predicted molar refractivity (Wildman–Crippen MR) is 107 cm³/mol. The third kappa shape index (κ3) is 4.01. The predicted octanol–water partition coefficient (Wildman–Crippen LogP) is 4.92. The molecular formula is C20H17ClN2O4S. The van der Waals surface area contributed by atoms with Gasteiger partial charge in [-0.05, 0) is 43.2 Å². The van der Waals surface area contributed by atoms with E-state index in [1.54, 1.807) is 36.4 Å². The molecule has 3 heterocycles. The Morgan fingerprint density at radius 2 is 2.00 bits per heavy atom. The molecular weight excluding hydrogens is 400 g/mol. The van der Waals surface area contributed by atoms with Crippen LogP contribution in [0.3, 0.4) is 0 Å². The first-order valence-corrected chi connectivity index (χ1v) is 10.0. The molecule has 0 bridgehead atoms. The lowest BCUT2D eigenvalue weighted by Crippen LogP contribution is -2.23. The summed E-state index contributed by atoms with van der Waals surface area (Å²) in [4.78, 5) is 30.5. The largest absolute Gasteiger partial charge is 0.463 e. The van der Waals surface area contributed by atoms with E-state index >= 15 is 0 Å². The van der Waals surface area contributed by atoms with Crippen molar-refractivity contribution in [2.75, 3.05) is 18.5 Å². The molecule has 1 aliphatic heterocycles. The molecule has 1 aromatic carbocycles. The monoisotopic (exact) mass is 416 g/mol. The minimum Gasteiger partial charge on any atom is -0.463 e. The van der Waals surface area contributed by atoms with Gasteiger partial charge in [0, 0.05) is 29.7 Å². The maximum Gasteiger partial charge on any atom is 0.257 e. The molecule has 1 N–H and O–H groups in total. The molecule has 0 saturated carbocycles. The molecule has 1 aliphatic rings. The van der Waals surface area contributed by atoms with Gasteiger partial charge < -0.3 is 9.15 Å². The second-order valence-electron chi connectivity index (χ2n) is 6.39. The zero-order valence-electron chi connectivity index (χ0n) is 14.8. The topological polar surface area (TPSA) is 81.4 Å². The first-order chi connectivity index (χ1) is 13.6. The van der Waals surface area contributed by atoms with Crippen molar-refractivity contribution in [3.63, 3.8) is 0 Å². The normalized spacial score (nSPS) is 14.8. The van der Waals surface area contributed by atoms with Crippen molar-refractivity contribution in [2.24, 2.45) is 5.92 Å². The van der Waals surface area contributed by atoms with Gasteiger partial charge in [-0.1, -0.05) is 29.0 Å². The van der Waals surface area contributed by atoms with Crippen LogP contribution in [0.1, 0.15) is 32.9 Å². The average molecular weight is 417 g/mol. The summed E-state index contributed by atoms with van der Waals surface area (Å²) in [7, 11) is 0. The third-order valence-corrected chi connectivity index (χ3v) is 5.73. The van der Waals surface area contributed by atoms with Crippen molar-refractivity contribution >= 4 is 39.8 Å². The molecule has 144 valence electrons. The van der Waals surface area contributed by atoms with Crippen LogP contribution in [-0.2, 0) is 4.74 Å². The number of anilines is 1. The molecule has 2 aromatic heterocycles. The van der Waals surface area contributed by atoms with Gasteiger partial charge in [0.25, 0.3) is 5.91 Å². The van der Waals surface area contributed by atoms with Crippen LogP contribution in [-0.4, -0.2) is 29.9 Å². The van der Waals surface area contributed by atoms with Gasteiger partial charge in [0.2, 0.25) is 0 Å². The molecule has 1 saturated heterocycles. The number of nitrogens with zero attached hydrogens (tertiary/aromatic N) is 1. The van der Waals surface area contributed by atoms with Crippen LogP contribution < -0.4 is 5.32 Å². The van der Waals surface area contributed by atoms with E-state index in [0.29, 0.717) is 58.1 Å². The molecule has 0 radical (unpaired) electrons. The van der Waals surface area contributed by atoms with Gasteiger partial charge in [-0.2, -0.15) is 0 Å². The zero-order valence-corrected chi connectivity index (χ0v) is 16.4. The molecule has 3 aromatic rings. The summed E-state index contributed by atoms with van der Waals surface area (Å²) in [6, 6.07) is 10.1. The number of nitrogens with one attached hydrogen (secondary N) is 1. The molecule has 0 aliphatic carbocycles. The van der Waals surface area contributed by atoms with Gasteiger partial charge in [-0.15, -0.1) is 0 Å².